The van der Waals surface area contributed by atoms with Crippen LogP contribution in [-0.2, 0) is 75.2 Å². The van der Waals surface area contributed by atoms with Gasteiger partial charge in [0.2, 0.25) is 59.1 Å². The molecule has 3 saturated heterocycles. The Labute approximate surface area is 807 Å². The number of aryl methyl sites for hydroxylation is 1. The Morgan fingerprint density at radius 1 is 0.657 bits per heavy atom. The number of carbonyl (C=O) groups excluding carboxylic acids is 9. The van der Waals surface area contributed by atoms with Gasteiger partial charge in [0.15, 0.2) is 30.3 Å². The van der Waals surface area contributed by atoms with Crippen LogP contribution in [0.1, 0.15) is 132 Å². The fourth-order valence-electron chi connectivity index (χ4n) is 17.0. The summed E-state index contributed by atoms with van der Waals surface area (Å²) < 4.78 is 57.3. The maximum atomic E-state index is 16.5. The van der Waals surface area contributed by atoms with Crippen LogP contribution in [0.2, 0.25) is 10.0 Å². The fraction of sp³-hybridized carbons (Fsp3) is 0.394. The smallest absolute Gasteiger partial charge is 0.323 e. The van der Waals surface area contributed by atoms with Crippen molar-refractivity contribution in [3.05, 3.63) is 216 Å². The number of hydrogen-bond acceptors (Lipinski definition) is 35. The minimum atomic E-state index is -2.42. The highest BCUT2D eigenvalue weighted by atomic mass is 35.5. The second-order valence-electron chi connectivity index (χ2n) is 34.9. The van der Waals surface area contributed by atoms with Crippen molar-refractivity contribution in [1.82, 2.24) is 42.5 Å². The minimum absolute atomic E-state index is 0.0292. The van der Waals surface area contributed by atoms with Crippen LogP contribution in [0.25, 0.3) is 11.1 Å². The van der Waals surface area contributed by atoms with E-state index in [1.165, 1.54) is 51.2 Å². The number of primary amides is 1. The molecule has 140 heavy (non-hydrogen) atoms. The van der Waals surface area contributed by atoms with E-state index >= 15 is 24.0 Å². The number of anilines is 1. The van der Waals surface area contributed by atoms with E-state index in [4.69, 9.17) is 82.1 Å². The molecule has 8 aromatic rings. The number of nitrogens with zero attached hydrogens (tertiary/aromatic N) is 1. The molecule has 8 amide bonds. The SMILES string of the molecule is C=O.CN[C@H](CC(C)C)C(=O)NC1C(=O)N[C@@H](CC(N)=O)C(=O)N[C@H]2C(=O)N[C@@H]3C(=O)N[C@H](C(=O)N[C@@H](O)c4cc(O)cc(O)c4-c4cc3ccc4O)[C@H](O[C@H]3C[C@](C)(N)[C@@H](O)[C@H](C)O3)c3ccc(c(Cl)c3)Oc3cc2cc(c3O[C@@H]2O[C@H](CO)[C@@H](O[C@@H]3O[C@H](CNCc4cccc(NC(=O)c5ccc(C)c(OCc6ccccc6)c5[N+](=O)[O-])c4)[C@H](O)[C@H](O)[C@H]3O)[C@H](O)[C@H]2O)Oc2ccc(cc2Cl)[C@H]1O. The fourth-order valence-corrected chi connectivity index (χ4v) is 17.5. The maximum absolute atomic E-state index is 16.5. The lowest BCUT2D eigenvalue weighted by Crippen LogP contribution is -2.65. The summed E-state index contributed by atoms with van der Waals surface area (Å²) in [7, 11) is 1.46. The van der Waals surface area contributed by atoms with Crippen molar-refractivity contribution in [2.24, 2.45) is 17.4 Å². The topological polar surface area (TPSA) is 683 Å². The third-order valence-electron chi connectivity index (χ3n) is 24.3. The number of amides is 8. The van der Waals surface area contributed by atoms with E-state index in [0.717, 1.165) is 72.3 Å². The Balaban J connectivity index is 0.00000820. The van der Waals surface area contributed by atoms with Gasteiger partial charge in [0.05, 0.1) is 46.2 Å². The standard InChI is InChI=1S/C93H104Cl2N12O31.CH2O/c1-38(2)23-54(98-6)85(122)104-69-72(113)44-17-21-58(52(94)26-44)132-60-28-46-29-61(80(60)137-92-77(118)75(116)81(63(36-108)135-92)138-91-76(117)74(115)73(114)62(134-91)35-99-34-42-13-10-14-47(24-42)100-83(120)49-19-15-39(3)78(71(49)107(128)129)130-37-41-11-8-7-9-12-41)133-59-22-18-45(27-53(59)95)79(136-65-33-93(5,97)82(119)40(4)131-65)70-90(127)106-84(121)51-30-48(109)31-57(111)66(51)50-25-43(16-20-56(50)110)67(87(124)105-70)103-88(125)68(46)102-86(123)55(32-64(96)112)101-89(69)126;1-2/h7-22,24-31,38,40,54-55,62-63,65,67-70,72-77,79,81-82,84,91-92,98-99,108-111,113-119,121H,23,32-37,97H2,1-6H3,(H2,96,112)(H,100,120)(H,101,126)(H,102,123)(H,103,125)(H,104,122)(H,105,124)(H,106,127);1H2/t40-,54+,55-,62+,63+,65-,67-,68+,69?,70-,72+,73-,74-,75+,76+,77+,79+,81+,82-,84-,91-,92-,93-;/m0./s1. The molecule has 8 heterocycles. The van der Waals surface area contributed by atoms with Crippen LogP contribution in [0.15, 0.2) is 146 Å². The average Bonchev–Trinajstić information content (AvgIpc) is 0.764. The quantitative estimate of drug-likeness (QED) is 0.0305. The number of phenolic OH excluding ortho intramolecular Hbond substituents is 3. The number of rotatable bonds is 24. The Morgan fingerprint density at radius 2 is 1.29 bits per heavy atom. The van der Waals surface area contributed by atoms with Gasteiger partial charge in [0, 0.05) is 53.5 Å². The number of carbonyl (C=O) groups is 9. The van der Waals surface area contributed by atoms with Gasteiger partial charge in [0.25, 0.3) is 5.91 Å². The first-order valence-corrected chi connectivity index (χ1v) is 44.8. The van der Waals surface area contributed by atoms with Crippen molar-refractivity contribution in [3.63, 3.8) is 0 Å². The van der Waals surface area contributed by atoms with Crippen LogP contribution in [0, 0.1) is 23.0 Å². The van der Waals surface area contributed by atoms with Gasteiger partial charge in [0.1, 0.15) is 139 Å². The van der Waals surface area contributed by atoms with E-state index in [-0.39, 0.29) is 72.1 Å². The van der Waals surface area contributed by atoms with Crippen molar-refractivity contribution in [2.75, 3.05) is 25.5 Å². The molecule has 0 aromatic heterocycles. The van der Waals surface area contributed by atoms with Crippen LogP contribution >= 0.6 is 23.2 Å². The number of halogens is 2. The first kappa shape index (κ1) is 104. The lowest BCUT2D eigenvalue weighted by atomic mass is 9.86. The van der Waals surface area contributed by atoms with Gasteiger partial charge in [-0.15, -0.1) is 0 Å². The number of nitrogens with two attached hydrogens (primary N) is 2. The zero-order valence-corrected chi connectivity index (χ0v) is 77.2. The predicted molar refractivity (Wildman–Crippen MR) is 491 cm³/mol. The van der Waals surface area contributed by atoms with Gasteiger partial charge in [-0.3, -0.25) is 48.5 Å². The van der Waals surface area contributed by atoms with Gasteiger partial charge in [-0.2, -0.15) is 0 Å². The lowest BCUT2D eigenvalue weighted by molar-refractivity contribution is -0.386. The van der Waals surface area contributed by atoms with Gasteiger partial charge < -0.3 is 168 Å². The summed E-state index contributed by atoms with van der Waals surface area (Å²) in [6.07, 6.45) is -32.1. The number of fused-ring (bicyclic) bond motifs is 15. The molecule has 11 bridgehead atoms. The Kier molecular flexibility index (Phi) is 33.3. The first-order valence-electron chi connectivity index (χ1n) is 44.0. The second-order valence-corrected chi connectivity index (χ2v) is 35.7. The van der Waals surface area contributed by atoms with Crippen molar-refractivity contribution >= 4 is 88.6 Å². The Bertz CT molecular complexity index is 5950. The molecule has 748 valence electrons. The van der Waals surface area contributed by atoms with Crippen molar-refractivity contribution < 1.29 is 152 Å². The van der Waals surface area contributed by atoms with Crippen molar-refractivity contribution in [3.8, 4) is 62.9 Å². The highest BCUT2D eigenvalue weighted by molar-refractivity contribution is 6.32. The summed E-state index contributed by atoms with van der Waals surface area (Å²) in [4.78, 5) is 140. The highest BCUT2D eigenvalue weighted by Crippen LogP contribution is 2.51. The lowest BCUT2D eigenvalue weighted by Gasteiger charge is -2.46. The van der Waals surface area contributed by atoms with Crippen molar-refractivity contribution in [2.45, 2.75) is 207 Å². The molecule has 8 aromatic carbocycles. The Morgan fingerprint density at radius 3 is 1.94 bits per heavy atom. The molecule has 44 nitrogen and oxygen atoms in total. The molecule has 0 saturated carbocycles. The number of phenols is 3. The maximum Gasteiger partial charge on any atom is 0.323 e. The molecule has 8 aliphatic heterocycles. The Hall–Kier alpha value is -12.9. The number of nitrogens with one attached hydrogen (secondary N) is 9. The van der Waals surface area contributed by atoms with Crippen LogP contribution in [-0.4, -0.2) is 250 Å². The van der Waals surface area contributed by atoms with E-state index in [2.05, 4.69) is 47.9 Å². The normalized spacial score (nSPS) is 27.6. The van der Waals surface area contributed by atoms with Crippen LogP contribution in [0.4, 0.5) is 11.4 Å². The van der Waals surface area contributed by atoms with E-state index in [1.54, 1.807) is 69.3 Å². The van der Waals surface area contributed by atoms with Gasteiger partial charge in [-0.1, -0.05) is 104 Å². The van der Waals surface area contributed by atoms with Crippen molar-refractivity contribution in [1.29, 1.82) is 0 Å². The molecular weight excluding hydrogens is 1880 g/mol. The molecule has 16 rings (SSSR count). The van der Waals surface area contributed by atoms with E-state index in [9.17, 15) is 85.8 Å². The average molecular weight is 1990 g/mol. The summed E-state index contributed by atoms with van der Waals surface area (Å²) in [5.74, 6) is -15.5. The van der Waals surface area contributed by atoms with Gasteiger partial charge >= 0.3 is 5.69 Å². The van der Waals surface area contributed by atoms with Crippen LogP contribution in [0.3, 0.4) is 0 Å². The van der Waals surface area contributed by atoms with E-state index in [1.807, 2.05) is 6.79 Å². The summed E-state index contributed by atoms with van der Waals surface area (Å²) in [6, 6.07) is 19.7. The van der Waals surface area contributed by atoms with Gasteiger partial charge in [-0.05, 0) is 152 Å². The number of hydrogen-bond donors (Lipinski definition) is 23. The molecule has 46 heteroatoms. The number of likely N-dealkylation sites (N-methyl/N-ethyl adjacent to an activating group) is 1. The summed E-state index contributed by atoms with van der Waals surface area (Å²) >= 11 is 14.5. The molecule has 0 spiro atoms. The number of aromatic hydroxyl groups is 3. The second kappa shape index (κ2) is 44.7. The minimum Gasteiger partial charge on any atom is -0.508 e. The summed E-state index contributed by atoms with van der Waals surface area (Å²) in [6.45, 7) is 8.60. The molecule has 0 radical (unpaired) electrons. The van der Waals surface area contributed by atoms with Gasteiger partial charge in [-0.25, -0.2) is 0 Å². The highest BCUT2D eigenvalue weighted by Gasteiger charge is 2.53. The number of aliphatic hydroxyl groups excluding tert-OH is 9. The zero-order chi connectivity index (χ0) is 101. The molecule has 23 atom stereocenters. The molecule has 1 unspecified atom stereocenters. The first-order chi connectivity index (χ1) is 66.6. The number of ether oxygens (including phenoxy) is 9. The van der Waals surface area contributed by atoms with E-state index in [0.29, 0.717) is 11.1 Å². The largest absolute Gasteiger partial charge is 0.508 e. The van der Waals surface area contributed by atoms with E-state index < -0.39 is 289 Å². The monoisotopic (exact) mass is 1980 g/mol. The molecule has 25 N–H and O–H groups in total. The number of nitro benzene ring substituents is 1. The summed E-state index contributed by atoms with van der Waals surface area (Å²) in [5.41, 5.74) is 9.36. The molecule has 8 aliphatic rings. The summed E-state index contributed by atoms with van der Waals surface area (Å²) in [5, 5.41) is 176. The number of aliphatic hydroxyl groups is 9. The third-order valence-corrected chi connectivity index (χ3v) is 24.9. The molecule has 0 aliphatic carbocycles. The van der Waals surface area contributed by atoms with Crippen LogP contribution < -0.4 is 78.3 Å². The third kappa shape index (κ3) is 23.4. The molecular formula is C94H106Cl2N12O32. The number of nitro groups is 1. The number of benzene rings is 8. The molecule has 3 fully saturated rings. The predicted octanol–water partition coefficient (Wildman–Crippen LogP) is 2.46. The zero-order valence-electron chi connectivity index (χ0n) is 75.7. The van der Waals surface area contributed by atoms with Crippen LogP contribution in [0.5, 0.6) is 51.7 Å².